The molecule has 0 aliphatic heterocycles. The molecule has 0 aromatic heterocycles. The fourth-order valence-corrected chi connectivity index (χ4v) is 2.02. The van der Waals surface area contributed by atoms with Gasteiger partial charge < -0.3 is 20.5 Å². The summed E-state index contributed by atoms with van der Waals surface area (Å²) in [5.74, 6) is 1.99. The second kappa shape index (κ2) is 10.7. The Morgan fingerprint density at radius 1 is 1.12 bits per heavy atom. The first-order chi connectivity index (χ1) is 11.2. The summed E-state index contributed by atoms with van der Waals surface area (Å²) >= 11 is 0. The molecule has 0 heterocycles. The normalized spacial score (nSPS) is 10.7. The highest BCUT2D eigenvalue weighted by Gasteiger charge is 1.99. The lowest BCUT2D eigenvalue weighted by Crippen LogP contribution is -2.22. The van der Waals surface area contributed by atoms with Crippen molar-refractivity contribution in [1.29, 1.82) is 0 Å². The molecule has 3 N–H and O–H groups in total. The lowest BCUT2D eigenvalue weighted by molar-refractivity contribution is 0.317. The Balaban J connectivity index is 0.00000288. The average molecular weight is 441 g/mol. The van der Waals surface area contributed by atoms with E-state index in [4.69, 9.17) is 15.2 Å². The highest BCUT2D eigenvalue weighted by atomic mass is 127. The maximum Gasteiger partial charge on any atom is 0.193 e. The monoisotopic (exact) mass is 441 g/mol. The van der Waals surface area contributed by atoms with Gasteiger partial charge in [-0.25, -0.2) is 4.99 Å². The van der Waals surface area contributed by atoms with Crippen molar-refractivity contribution in [2.75, 3.05) is 19.0 Å². The van der Waals surface area contributed by atoms with Crippen LogP contribution in [0.15, 0.2) is 53.5 Å². The third kappa shape index (κ3) is 6.66. The molecule has 24 heavy (non-hydrogen) atoms. The molecule has 2 aromatic rings. The Hall–Kier alpha value is -1.96. The summed E-state index contributed by atoms with van der Waals surface area (Å²) in [6, 6.07) is 15.4. The maximum atomic E-state index is 5.93. The van der Waals surface area contributed by atoms with E-state index in [0.29, 0.717) is 19.1 Å². The molecule has 0 fully saturated rings. The molecule has 6 heteroatoms. The fourth-order valence-electron chi connectivity index (χ4n) is 2.02. The first-order valence-corrected chi connectivity index (χ1v) is 7.64. The van der Waals surface area contributed by atoms with Gasteiger partial charge in [0.2, 0.25) is 0 Å². The summed E-state index contributed by atoms with van der Waals surface area (Å²) in [5.41, 5.74) is 7.82. The van der Waals surface area contributed by atoms with E-state index in [2.05, 4.69) is 17.2 Å². The first kappa shape index (κ1) is 20.1. The van der Waals surface area contributed by atoms with E-state index in [-0.39, 0.29) is 24.0 Å². The van der Waals surface area contributed by atoms with E-state index in [1.807, 2.05) is 48.5 Å². The van der Waals surface area contributed by atoms with Crippen molar-refractivity contribution in [2.45, 2.75) is 19.9 Å². The Kier molecular flexibility index (Phi) is 8.99. The summed E-state index contributed by atoms with van der Waals surface area (Å²) in [6.07, 6.45) is 0.986. The van der Waals surface area contributed by atoms with Gasteiger partial charge in [-0.05, 0) is 36.2 Å². The Bertz CT molecular complexity index is 662. The van der Waals surface area contributed by atoms with Crippen LogP contribution in [0.1, 0.15) is 18.9 Å². The predicted molar refractivity (Wildman–Crippen MR) is 110 cm³/mol. The molecule has 130 valence electrons. The average Bonchev–Trinajstić information content (AvgIpc) is 2.58. The SMILES string of the molecule is CCCOc1cccc(CN=C(N)Nc2cccc(OC)c2)c1.I. The van der Waals surface area contributed by atoms with Crippen LogP contribution >= 0.6 is 24.0 Å². The maximum absolute atomic E-state index is 5.93. The number of hydrogen-bond acceptors (Lipinski definition) is 3. The Morgan fingerprint density at radius 2 is 1.88 bits per heavy atom. The van der Waals surface area contributed by atoms with Crippen molar-refractivity contribution >= 4 is 35.6 Å². The summed E-state index contributed by atoms with van der Waals surface area (Å²) in [7, 11) is 1.63. The summed E-state index contributed by atoms with van der Waals surface area (Å²) in [4.78, 5) is 4.35. The molecule has 0 atom stereocenters. The molecule has 2 rings (SSSR count). The van der Waals surface area contributed by atoms with E-state index < -0.39 is 0 Å². The number of benzene rings is 2. The molecule has 0 aliphatic carbocycles. The van der Waals surface area contributed by atoms with Gasteiger partial charge in [-0.3, -0.25) is 0 Å². The number of ether oxygens (including phenoxy) is 2. The number of halogens is 1. The van der Waals surface area contributed by atoms with Gasteiger partial charge in [0.05, 0.1) is 20.3 Å². The fraction of sp³-hybridized carbons (Fsp3) is 0.278. The molecule has 0 aliphatic rings. The van der Waals surface area contributed by atoms with Crippen LogP contribution in [0, 0.1) is 0 Å². The van der Waals surface area contributed by atoms with Crippen molar-refractivity contribution in [1.82, 2.24) is 0 Å². The number of guanidine groups is 1. The highest BCUT2D eigenvalue weighted by Crippen LogP contribution is 2.17. The molecule has 0 bridgehead atoms. The highest BCUT2D eigenvalue weighted by molar-refractivity contribution is 14.0. The number of anilines is 1. The van der Waals surface area contributed by atoms with Crippen molar-refractivity contribution in [3.8, 4) is 11.5 Å². The van der Waals surface area contributed by atoms with Crippen molar-refractivity contribution in [2.24, 2.45) is 10.7 Å². The molecule has 5 nitrogen and oxygen atoms in total. The van der Waals surface area contributed by atoms with Crippen LogP contribution in [0.2, 0.25) is 0 Å². The number of hydrogen-bond donors (Lipinski definition) is 2. The smallest absolute Gasteiger partial charge is 0.193 e. The lowest BCUT2D eigenvalue weighted by atomic mass is 10.2. The number of methoxy groups -OCH3 is 1. The molecule has 0 spiro atoms. The molecule has 0 saturated carbocycles. The third-order valence-corrected chi connectivity index (χ3v) is 3.15. The zero-order valence-corrected chi connectivity index (χ0v) is 16.3. The Morgan fingerprint density at radius 3 is 2.62 bits per heavy atom. The van der Waals surface area contributed by atoms with Crippen molar-refractivity contribution in [3.63, 3.8) is 0 Å². The predicted octanol–water partition coefficient (Wildman–Crippen LogP) is 4.03. The van der Waals surface area contributed by atoms with Gasteiger partial charge in [0, 0.05) is 11.8 Å². The quantitative estimate of drug-likeness (QED) is 0.387. The number of rotatable bonds is 7. The van der Waals surface area contributed by atoms with E-state index >= 15 is 0 Å². The zero-order valence-electron chi connectivity index (χ0n) is 14.0. The minimum Gasteiger partial charge on any atom is -0.497 e. The molecule has 2 aromatic carbocycles. The number of nitrogens with one attached hydrogen (secondary N) is 1. The zero-order chi connectivity index (χ0) is 16.5. The standard InChI is InChI=1S/C18H23N3O2.HI/c1-3-10-23-17-9-4-6-14(11-17)13-20-18(19)21-15-7-5-8-16(12-15)22-2;/h4-9,11-12H,3,10,13H2,1-2H3,(H3,19,20,21);1H. The summed E-state index contributed by atoms with van der Waals surface area (Å²) < 4.78 is 10.8. The van der Waals surface area contributed by atoms with E-state index in [0.717, 1.165) is 29.2 Å². The molecule has 0 saturated heterocycles. The van der Waals surface area contributed by atoms with Gasteiger partial charge >= 0.3 is 0 Å². The molecular weight excluding hydrogens is 417 g/mol. The van der Waals surface area contributed by atoms with Crippen LogP contribution in [0.3, 0.4) is 0 Å². The molecular formula is C18H24IN3O2. The van der Waals surface area contributed by atoms with Crippen LogP contribution < -0.4 is 20.5 Å². The van der Waals surface area contributed by atoms with Gasteiger partial charge in [0.15, 0.2) is 5.96 Å². The van der Waals surface area contributed by atoms with Crippen molar-refractivity contribution < 1.29 is 9.47 Å². The topological polar surface area (TPSA) is 68.9 Å². The van der Waals surface area contributed by atoms with Crippen LogP contribution in [0.5, 0.6) is 11.5 Å². The van der Waals surface area contributed by atoms with Crippen LogP contribution in [-0.4, -0.2) is 19.7 Å². The van der Waals surface area contributed by atoms with Gasteiger partial charge in [0.1, 0.15) is 11.5 Å². The minimum atomic E-state index is 0. The second-order valence-electron chi connectivity index (χ2n) is 5.05. The number of nitrogens with zero attached hydrogens (tertiary/aromatic N) is 1. The van der Waals surface area contributed by atoms with Crippen LogP contribution in [0.4, 0.5) is 5.69 Å². The summed E-state index contributed by atoms with van der Waals surface area (Å²) in [5, 5.41) is 3.05. The van der Waals surface area contributed by atoms with Gasteiger partial charge in [0.25, 0.3) is 0 Å². The molecule has 0 amide bonds. The second-order valence-corrected chi connectivity index (χ2v) is 5.05. The summed E-state index contributed by atoms with van der Waals surface area (Å²) in [6.45, 7) is 3.29. The van der Waals surface area contributed by atoms with Gasteiger partial charge in [-0.1, -0.05) is 25.1 Å². The number of nitrogens with two attached hydrogens (primary N) is 1. The van der Waals surface area contributed by atoms with E-state index in [1.165, 1.54) is 0 Å². The van der Waals surface area contributed by atoms with Crippen LogP contribution in [-0.2, 0) is 6.54 Å². The third-order valence-electron chi connectivity index (χ3n) is 3.15. The van der Waals surface area contributed by atoms with Crippen LogP contribution in [0.25, 0.3) is 0 Å². The van der Waals surface area contributed by atoms with E-state index in [9.17, 15) is 0 Å². The van der Waals surface area contributed by atoms with Gasteiger partial charge in [-0.15, -0.1) is 24.0 Å². The lowest BCUT2D eigenvalue weighted by Gasteiger charge is -2.08. The Labute approximate surface area is 160 Å². The van der Waals surface area contributed by atoms with E-state index in [1.54, 1.807) is 7.11 Å². The van der Waals surface area contributed by atoms with Gasteiger partial charge in [-0.2, -0.15) is 0 Å². The number of aliphatic imine (C=N–C) groups is 1. The molecule has 0 unspecified atom stereocenters. The van der Waals surface area contributed by atoms with Crippen molar-refractivity contribution in [3.05, 3.63) is 54.1 Å². The largest absolute Gasteiger partial charge is 0.497 e. The first-order valence-electron chi connectivity index (χ1n) is 7.64. The molecule has 0 radical (unpaired) electrons. The minimum absolute atomic E-state index is 0.